The van der Waals surface area contributed by atoms with Gasteiger partial charge < -0.3 is 20.0 Å². The fourth-order valence-electron chi connectivity index (χ4n) is 2.99. The molecule has 1 aliphatic rings. The summed E-state index contributed by atoms with van der Waals surface area (Å²) in [4.78, 5) is 40.8. The lowest BCUT2D eigenvalue weighted by atomic mass is 9.96. The molecule has 26 heavy (non-hydrogen) atoms. The Bertz CT molecular complexity index is 667. The summed E-state index contributed by atoms with van der Waals surface area (Å²) in [5.74, 6) is -0.109. The molecule has 0 radical (unpaired) electrons. The van der Waals surface area contributed by atoms with Gasteiger partial charge in [0.05, 0.1) is 0 Å². The zero-order valence-corrected chi connectivity index (χ0v) is 16.0. The van der Waals surface area contributed by atoms with Crippen LogP contribution in [0, 0.1) is 5.92 Å². The molecule has 1 saturated heterocycles. The summed E-state index contributed by atoms with van der Waals surface area (Å²) in [6, 6.07) is 7.53. The van der Waals surface area contributed by atoms with Crippen molar-refractivity contribution in [1.82, 2.24) is 14.7 Å². The Kier molecular flexibility index (Phi) is 6.60. The number of nitrogens with zero attached hydrogens (tertiary/aromatic N) is 3. The highest BCUT2D eigenvalue weighted by molar-refractivity contribution is 5.92. The number of urea groups is 1. The highest BCUT2D eigenvalue weighted by atomic mass is 16.2. The molecule has 0 atom stereocenters. The number of hydrogen-bond donors (Lipinski definition) is 1. The van der Waals surface area contributed by atoms with Gasteiger partial charge >= 0.3 is 6.03 Å². The lowest BCUT2D eigenvalue weighted by Crippen LogP contribution is -2.45. The highest BCUT2D eigenvalue weighted by Crippen LogP contribution is 2.21. The Balaban J connectivity index is 1.90. The molecular formula is C19H28N4O3. The lowest BCUT2D eigenvalue weighted by Gasteiger charge is -2.33. The van der Waals surface area contributed by atoms with Crippen molar-refractivity contribution in [3.8, 4) is 0 Å². The van der Waals surface area contributed by atoms with E-state index >= 15 is 0 Å². The Morgan fingerprint density at radius 1 is 1.15 bits per heavy atom. The third kappa shape index (κ3) is 5.21. The van der Waals surface area contributed by atoms with Gasteiger partial charge in [0.15, 0.2) is 0 Å². The van der Waals surface area contributed by atoms with Gasteiger partial charge in [-0.3, -0.25) is 9.59 Å². The van der Waals surface area contributed by atoms with Crippen LogP contribution in [0.25, 0.3) is 0 Å². The molecule has 1 aliphatic heterocycles. The van der Waals surface area contributed by atoms with Gasteiger partial charge in [0, 0.05) is 59.3 Å². The molecule has 7 nitrogen and oxygen atoms in total. The molecule has 0 saturated carbocycles. The number of carbonyl (C=O) groups is 3. The molecule has 0 aliphatic carbocycles. The molecule has 0 unspecified atom stereocenters. The van der Waals surface area contributed by atoms with E-state index in [-0.39, 0.29) is 23.8 Å². The summed E-state index contributed by atoms with van der Waals surface area (Å²) in [6.07, 6.45) is 1.33. The maximum Gasteiger partial charge on any atom is 0.319 e. The molecule has 1 heterocycles. The Morgan fingerprint density at radius 3 is 2.38 bits per heavy atom. The van der Waals surface area contributed by atoms with Gasteiger partial charge in [-0.25, -0.2) is 4.79 Å². The topological polar surface area (TPSA) is 73.0 Å². The van der Waals surface area contributed by atoms with Crippen LogP contribution < -0.4 is 5.32 Å². The molecule has 0 bridgehead atoms. The third-order valence-corrected chi connectivity index (χ3v) is 4.67. The second-order valence-corrected chi connectivity index (χ2v) is 7.00. The van der Waals surface area contributed by atoms with Crippen molar-refractivity contribution < 1.29 is 14.4 Å². The summed E-state index contributed by atoms with van der Waals surface area (Å²) in [5, 5.41) is 2.97. The average molecular weight is 360 g/mol. The number of likely N-dealkylation sites (tertiary alicyclic amines) is 1. The zero-order chi connectivity index (χ0) is 19.3. The van der Waals surface area contributed by atoms with Crippen molar-refractivity contribution in [2.45, 2.75) is 26.3 Å². The summed E-state index contributed by atoms with van der Waals surface area (Å²) in [7, 11) is 5.21. The van der Waals surface area contributed by atoms with Crippen LogP contribution in [-0.2, 0) is 16.1 Å². The first-order valence-electron chi connectivity index (χ1n) is 8.85. The van der Waals surface area contributed by atoms with E-state index in [1.807, 2.05) is 24.3 Å². The maximum atomic E-state index is 12.5. The number of amides is 4. The van der Waals surface area contributed by atoms with Crippen molar-refractivity contribution in [2.24, 2.45) is 5.92 Å². The normalized spacial score (nSPS) is 14.7. The number of rotatable bonds is 4. The monoisotopic (exact) mass is 360 g/mol. The van der Waals surface area contributed by atoms with Crippen LogP contribution in [0.5, 0.6) is 0 Å². The molecule has 0 spiro atoms. The lowest BCUT2D eigenvalue weighted by molar-refractivity contribution is -0.128. The summed E-state index contributed by atoms with van der Waals surface area (Å²) < 4.78 is 0. The van der Waals surface area contributed by atoms with Gasteiger partial charge in [-0.05, 0) is 30.5 Å². The van der Waals surface area contributed by atoms with Crippen LogP contribution in [0.3, 0.4) is 0 Å². The molecule has 2 rings (SSSR count). The molecule has 1 N–H and O–H groups in total. The van der Waals surface area contributed by atoms with Crippen LogP contribution in [-0.4, -0.2) is 66.8 Å². The fraction of sp³-hybridized carbons (Fsp3) is 0.526. The Hall–Kier alpha value is -2.57. The molecule has 0 aromatic heterocycles. The molecule has 1 aromatic rings. The minimum atomic E-state index is -0.0928. The quantitative estimate of drug-likeness (QED) is 0.892. The van der Waals surface area contributed by atoms with E-state index in [1.165, 1.54) is 6.92 Å². The standard InChI is InChI=1S/C19H28N4O3/c1-14(24)22(4)13-15-6-5-7-17(12-15)20-18(25)16-8-10-23(11-9-16)19(26)21(2)3/h5-7,12,16H,8-11,13H2,1-4H3,(H,20,25). The van der Waals surface area contributed by atoms with Gasteiger partial charge in [0.25, 0.3) is 0 Å². The van der Waals surface area contributed by atoms with E-state index in [2.05, 4.69) is 5.32 Å². The van der Waals surface area contributed by atoms with E-state index in [1.54, 1.807) is 35.8 Å². The highest BCUT2D eigenvalue weighted by Gasteiger charge is 2.28. The SMILES string of the molecule is CC(=O)N(C)Cc1cccc(NC(=O)C2CCN(C(=O)N(C)C)CC2)c1. The van der Waals surface area contributed by atoms with E-state index in [0.717, 1.165) is 11.3 Å². The minimum Gasteiger partial charge on any atom is -0.342 e. The van der Waals surface area contributed by atoms with Gasteiger partial charge in [0.1, 0.15) is 0 Å². The third-order valence-electron chi connectivity index (χ3n) is 4.67. The van der Waals surface area contributed by atoms with Gasteiger partial charge in [0.2, 0.25) is 11.8 Å². The van der Waals surface area contributed by atoms with Crippen LogP contribution >= 0.6 is 0 Å². The molecule has 1 aromatic carbocycles. The number of carbonyl (C=O) groups excluding carboxylic acids is 3. The first kappa shape index (κ1) is 19.8. The zero-order valence-electron chi connectivity index (χ0n) is 16.0. The summed E-state index contributed by atoms with van der Waals surface area (Å²) >= 11 is 0. The first-order chi connectivity index (χ1) is 12.3. The van der Waals surface area contributed by atoms with E-state index in [9.17, 15) is 14.4 Å². The second-order valence-electron chi connectivity index (χ2n) is 7.00. The van der Waals surface area contributed by atoms with E-state index < -0.39 is 0 Å². The molecule has 1 fully saturated rings. The number of hydrogen-bond acceptors (Lipinski definition) is 3. The van der Waals surface area contributed by atoms with Crippen LogP contribution in [0.15, 0.2) is 24.3 Å². The van der Waals surface area contributed by atoms with Gasteiger partial charge in [-0.1, -0.05) is 12.1 Å². The van der Waals surface area contributed by atoms with E-state index in [4.69, 9.17) is 0 Å². The predicted molar refractivity (Wildman–Crippen MR) is 101 cm³/mol. The van der Waals surface area contributed by atoms with Crippen molar-refractivity contribution in [3.05, 3.63) is 29.8 Å². The molecular weight excluding hydrogens is 332 g/mol. The number of benzene rings is 1. The number of anilines is 1. The van der Waals surface area contributed by atoms with Crippen molar-refractivity contribution >= 4 is 23.5 Å². The Labute approximate surface area is 154 Å². The molecule has 4 amide bonds. The largest absolute Gasteiger partial charge is 0.342 e. The predicted octanol–water partition coefficient (Wildman–Crippen LogP) is 2.00. The van der Waals surface area contributed by atoms with Crippen molar-refractivity contribution in [2.75, 3.05) is 39.5 Å². The van der Waals surface area contributed by atoms with Crippen LogP contribution in [0.4, 0.5) is 10.5 Å². The maximum absolute atomic E-state index is 12.5. The molecule has 142 valence electrons. The van der Waals surface area contributed by atoms with E-state index in [0.29, 0.717) is 32.5 Å². The first-order valence-corrected chi connectivity index (χ1v) is 8.85. The van der Waals surface area contributed by atoms with Crippen LogP contribution in [0.1, 0.15) is 25.3 Å². The van der Waals surface area contributed by atoms with Crippen molar-refractivity contribution in [3.63, 3.8) is 0 Å². The van der Waals surface area contributed by atoms with Gasteiger partial charge in [-0.2, -0.15) is 0 Å². The average Bonchev–Trinajstić information content (AvgIpc) is 2.61. The second kappa shape index (κ2) is 8.69. The van der Waals surface area contributed by atoms with Gasteiger partial charge in [-0.15, -0.1) is 0 Å². The summed E-state index contributed by atoms with van der Waals surface area (Å²) in [6.45, 7) is 3.22. The number of piperidine rings is 1. The smallest absolute Gasteiger partial charge is 0.319 e. The minimum absolute atomic E-state index is 0.00142. The summed E-state index contributed by atoms with van der Waals surface area (Å²) in [5.41, 5.74) is 1.70. The van der Waals surface area contributed by atoms with Crippen LogP contribution in [0.2, 0.25) is 0 Å². The van der Waals surface area contributed by atoms with Crippen molar-refractivity contribution in [1.29, 1.82) is 0 Å². The fourth-order valence-corrected chi connectivity index (χ4v) is 2.99. The Morgan fingerprint density at radius 2 is 1.81 bits per heavy atom. The molecule has 7 heteroatoms. The number of nitrogens with one attached hydrogen (secondary N) is 1.